The number of rotatable bonds is 3. The summed E-state index contributed by atoms with van der Waals surface area (Å²) in [6.45, 7) is 0.700. The summed E-state index contributed by atoms with van der Waals surface area (Å²) in [6.07, 6.45) is 2.67. The van der Waals surface area contributed by atoms with Gasteiger partial charge in [0.25, 0.3) is 0 Å². The van der Waals surface area contributed by atoms with Crippen molar-refractivity contribution in [2.45, 2.75) is 25.3 Å². The molecule has 3 N–H and O–H groups in total. The predicted molar refractivity (Wildman–Crippen MR) is 110 cm³/mol. The third-order valence-electron chi connectivity index (χ3n) is 5.14. The van der Waals surface area contributed by atoms with Crippen LogP contribution in [-0.2, 0) is 4.79 Å². The predicted octanol–water partition coefficient (Wildman–Crippen LogP) is 2.73. The molecule has 0 spiro atoms. The summed E-state index contributed by atoms with van der Waals surface area (Å²) in [7, 11) is 0. The summed E-state index contributed by atoms with van der Waals surface area (Å²) in [6, 6.07) is 14.1. The van der Waals surface area contributed by atoms with Gasteiger partial charge in [-0.05, 0) is 55.7 Å². The van der Waals surface area contributed by atoms with E-state index >= 15 is 0 Å². The van der Waals surface area contributed by atoms with Crippen LogP contribution in [0.25, 0.3) is 27.9 Å². The van der Waals surface area contributed by atoms with E-state index in [9.17, 15) is 9.90 Å². The first-order valence-electron chi connectivity index (χ1n) is 9.68. The van der Waals surface area contributed by atoms with Crippen molar-refractivity contribution < 1.29 is 9.90 Å². The van der Waals surface area contributed by atoms with Crippen molar-refractivity contribution in [3.05, 3.63) is 48.5 Å². The summed E-state index contributed by atoms with van der Waals surface area (Å²) >= 11 is 0. The quantitative estimate of drug-likeness (QED) is 0.498. The van der Waals surface area contributed by atoms with Crippen LogP contribution in [0.5, 0.6) is 5.75 Å². The Morgan fingerprint density at radius 1 is 1.07 bits per heavy atom. The highest BCUT2D eigenvalue weighted by Gasteiger charge is 2.23. The number of hydrogen-bond donors (Lipinski definition) is 3. The van der Waals surface area contributed by atoms with E-state index in [1.807, 2.05) is 24.3 Å². The molecule has 1 unspecified atom stereocenters. The van der Waals surface area contributed by atoms with Crippen LogP contribution in [0.3, 0.4) is 0 Å². The van der Waals surface area contributed by atoms with Crippen molar-refractivity contribution in [1.82, 2.24) is 24.9 Å². The van der Waals surface area contributed by atoms with E-state index in [4.69, 9.17) is 9.97 Å². The lowest BCUT2D eigenvalue weighted by Gasteiger charge is -2.16. The Labute approximate surface area is 166 Å². The molecule has 0 radical (unpaired) electrons. The molecular formula is C21H20N6O2. The van der Waals surface area contributed by atoms with E-state index in [1.165, 1.54) is 0 Å². The third kappa shape index (κ3) is 3.22. The fourth-order valence-electron chi connectivity index (χ4n) is 3.61. The van der Waals surface area contributed by atoms with Gasteiger partial charge in [0.1, 0.15) is 11.8 Å². The molecule has 5 rings (SSSR count). The van der Waals surface area contributed by atoms with Crippen LogP contribution < -0.4 is 10.6 Å². The Bertz CT molecular complexity index is 1200. The number of fused-ring (bicyclic) bond motifs is 3. The molecule has 3 heterocycles. The normalized spacial score (nSPS) is 17.2. The number of phenolic OH excluding ortho intramolecular Hbond substituents is 1. The highest BCUT2D eigenvalue weighted by Crippen LogP contribution is 2.25. The standard InChI is InChI=1S/C21H20N6O2/c28-14-10-8-13(9-11-14)18-25-19-15-5-1-2-6-16(15)23-21(27(19)26-18)24-17-7-3-4-12-22-20(17)29/h1-2,5-6,8-11,17,28H,3-4,7,12H2,(H,22,29)(H,23,24). The molecule has 29 heavy (non-hydrogen) atoms. The van der Waals surface area contributed by atoms with Gasteiger partial charge in [0.05, 0.1) is 5.52 Å². The maximum Gasteiger partial charge on any atom is 0.242 e. The summed E-state index contributed by atoms with van der Waals surface area (Å²) < 4.78 is 1.66. The maximum atomic E-state index is 12.4. The van der Waals surface area contributed by atoms with E-state index in [1.54, 1.807) is 28.8 Å². The highest BCUT2D eigenvalue weighted by molar-refractivity contribution is 5.93. The van der Waals surface area contributed by atoms with Crippen LogP contribution in [-0.4, -0.2) is 43.2 Å². The van der Waals surface area contributed by atoms with Gasteiger partial charge in [0, 0.05) is 17.5 Å². The number of benzene rings is 2. The van der Waals surface area contributed by atoms with Gasteiger partial charge < -0.3 is 15.7 Å². The average molecular weight is 388 g/mol. The molecule has 0 bridgehead atoms. The van der Waals surface area contributed by atoms with Gasteiger partial charge in [-0.1, -0.05) is 12.1 Å². The molecule has 1 saturated heterocycles. The fraction of sp³-hybridized carbons (Fsp3) is 0.238. The third-order valence-corrected chi connectivity index (χ3v) is 5.14. The van der Waals surface area contributed by atoms with Crippen molar-refractivity contribution in [2.24, 2.45) is 0 Å². The molecule has 1 fully saturated rings. The van der Waals surface area contributed by atoms with Gasteiger partial charge in [-0.25, -0.2) is 9.97 Å². The van der Waals surface area contributed by atoms with Crippen LogP contribution in [0.1, 0.15) is 19.3 Å². The van der Waals surface area contributed by atoms with Crippen LogP contribution in [0.15, 0.2) is 48.5 Å². The minimum absolute atomic E-state index is 0.0236. The van der Waals surface area contributed by atoms with Gasteiger partial charge in [-0.2, -0.15) is 4.52 Å². The molecule has 146 valence electrons. The molecule has 2 aromatic carbocycles. The second-order valence-corrected chi connectivity index (χ2v) is 7.15. The molecular weight excluding hydrogens is 368 g/mol. The fourth-order valence-corrected chi connectivity index (χ4v) is 3.61. The maximum absolute atomic E-state index is 12.4. The second kappa shape index (κ2) is 7.05. The van der Waals surface area contributed by atoms with Gasteiger partial charge in [-0.15, -0.1) is 5.10 Å². The SMILES string of the molecule is O=C1NCCCCC1Nc1nc2ccccc2c2nc(-c3ccc(O)cc3)nn12. The first-order chi connectivity index (χ1) is 14.2. The van der Waals surface area contributed by atoms with Crippen LogP contribution >= 0.6 is 0 Å². The lowest BCUT2D eigenvalue weighted by molar-refractivity contribution is -0.121. The zero-order valence-electron chi connectivity index (χ0n) is 15.7. The Morgan fingerprint density at radius 2 is 1.90 bits per heavy atom. The van der Waals surface area contributed by atoms with Gasteiger partial charge in [-0.3, -0.25) is 4.79 Å². The number of nitrogens with one attached hydrogen (secondary N) is 2. The monoisotopic (exact) mass is 388 g/mol. The summed E-state index contributed by atoms with van der Waals surface area (Å²) in [5.74, 6) is 1.17. The van der Waals surface area contributed by atoms with Gasteiger partial charge in [0.15, 0.2) is 11.5 Å². The van der Waals surface area contributed by atoms with Crippen molar-refractivity contribution in [3.8, 4) is 17.1 Å². The van der Waals surface area contributed by atoms with Gasteiger partial charge in [0.2, 0.25) is 11.9 Å². The van der Waals surface area contributed by atoms with Crippen LogP contribution in [0.4, 0.5) is 5.95 Å². The number of para-hydroxylation sites is 1. The highest BCUT2D eigenvalue weighted by atomic mass is 16.3. The molecule has 1 atom stereocenters. The van der Waals surface area contributed by atoms with Crippen molar-refractivity contribution >= 4 is 28.4 Å². The molecule has 4 aromatic rings. The molecule has 8 heteroatoms. The zero-order valence-corrected chi connectivity index (χ0v) is 15.7. The number of anilines is 1. The Morgan fingerprint density at radius 3 is 2.76 bits per heavy atom. The summed E-state index contributed by atoms with van der Waals surface area (Å²) in [5.41, 5.74) is 2.23. The molecule has 8 nitrogen and oxygen atoms in total. The van der Waals surface area contributed by atoms with E-state index in [0.717, 1.165) is 35.7 Å². The van der Waals surface area contributed by atoms with Gasteiger partial charge >= 0.3 is 0 Å². The Kier molecular flexibility index (Phi) is 4.23. The lowest BCUT2D eigenvalue weighted by atomic mass is 10.1. The molecule has 1 aliphatic heterocycles. The van der Waals surface area contributed by atoms with Crippen molar-refractivity contribution in [2.75, 3.05) is 11.9 Å². The number of nitrogens with zero attached hydrogens (tertiary/aromatic N) is 4. The van der Waals surface area contributed by atoms with Crippen LogP contribution in [0, 0.1) is 0 Å². The summed E-state index contributed by atoms with van der Waals surface area (Å²) in [5, 5.41) is 21.3. The first kappa shape index (κ1) is 17.4. The zero-order chi connectivity index (χ0) is 19.8. The van der Waals surface area contributed by atoms with E-state index in [0.29, 0.717) is 24.0 Å². The minimum Gasteiger partial charge on any atom is -0.508 e. The van der Waals surface area contributed by atoms with Crippen molar-refractivity contribution in [1.29, 1.82) is 0 Å². The van der Waals surface area contributed by atoms with E-state index in [2.05, 4.69) is 15.7 Å². The molecule has 2 aromatic heterocycles. The van der Waals surface area contributed by atoms with E-state index < -0.39 is 0 Å². The minimum atomic E-state index is -0.365. The number of hydrogen-bond acceptors (Lipinski definition) is 6. The Balaban J connectivity index is 1.65. The second-order valence-electron chi connectivity index (χ2n) is 7.15. The number of amides is 1. The number of carbonyl (C=O) groups is 1. The van der Waals surface area contributed by atoms with Crippen molar-refractivity contribution in [3.63, 3.8) is 0 Å². The lowest BCUT2D eigenvalue weighted by Crippen LogP contribution is -2.38. The largest absolute Gasteiger partial charge is 0.508 e. The Hall–Kier alpha value is -3.68. The average Bonchev–Trinajstić information content (AvgIpc) is 3.09. The molecule has 1 aliphatic rings. The molecule has 0 aliphatic carbocycles. The number of carbonyl (C=O) groups excluding carboxylic acids is 1. The summed E-state index contributed by atoms with van der Waals surface area (Å²) in [4.78, 5) is 21.8. The smallest absolute Gasteiger partial charge is 0.242 e. The topological polar surface area (TPSA) is 104 Å². The van der Waals surface area contributed by atoms with Crippen LogP contribution in [0.2, 0.25) is 0 Å². The molecule has 0 saturated carbocycles. The number of aromatic hydroxyl groups is 1. The van der Waals surface area contributed by atoms with E-state index in [-0.39, 0.29) is 17.7 Å². The number of aromatic nitrogens is 4. The molecule has 1 amide bonds. The first-order valence-corrected chi connectivity index (χ1v) is 9.68. The number of phenols is 1.